The predicted octanol–water partition coefficient (Wildman–Crippen LogP) is 2.68. The van der Waals surface area contributed by atoms with E-state index in [-0.39, 0.29) is 11.2 Å². The number of H-pyrrole nitrogens is 1. The summed E-state index contributed by atoms with van der Waals surface area (Å²) in [6.45, 7) is 1.33. The third-order valence-electron chi connectivity index (χ3n) is 2.45. The molecule has 2 N–H and O–H groups in total. The molecule has 19 heavy (non-hydrogen) atoms. The van der Waals surface area contributed by atoms with Crippen molar-refractivity contribution in [2.45, 2.75) is 13.1 Å². The quantitative estimate of drug-likeness (QED) is 0.835. The number of aryl methyl sites for hydroxylation is 1. The zero-order chi connectivity index (χ0) is 14.4. The summed E-state index contributed by atoms with van der Waals surface area (Å²) >= 11 is 0. The summed E-state index contributed by atoms with van der Waals surface area (Å²) in [6, 6.07) is 3.32. The van der Waals surface area contributed by atoms with Gasteiger partial charge in [-0.25, -0.2) is 0 Å². The molecule has 0 aliphatic heterocycles. The normalized spacial score (nSPS) is 12.9. The lowest BCUT2D eigenvalue weighted by atomic mass is 10.1. The summed E-state index contributed by atoms with van der Waals surface area (Å²) in [6.07, 6.45) is -4.68. The van der Waals surface area contributed by atoms with Crippen LogP contribution >= 0.6 is 0 Å². The number of nitrogens with one attached hydrogen (secondary N) is 1. The van der Waals surface area contributed by atoms with Crippen molar-refractivity contribution in [2.75, 3.05) is 0 Å². The van der Waals surface area contributed by atoms with E-state index in [1.54, 1.807) is 0 Å². The van der Waals surface area contributed by atoms with Crippen LogP contribution in [0.25, 0.3) is 10.9 Å². The zero-order valence-corrected chi connectivity index (χ0v) is 10.3. The molecule has 0 amide bonds. The molecule has 0 aliphatic rings. The first-order chi connectivity index (χ1) is 8.59. The lowest BCUT2D eigenvalue weighted by molar-refractivity contribution is -0.136. The van der Waals surface area contributed by atoms with Crippen LogP contribution < -0.4 is 4.18 Å². The van der Waals surface area contributed by atoms with Gasteiger partial charge in [-0.1, -0.05) is 6.07 Å². The average molecular weight is 295 g/mol. The monoisotopic (exact) mass is 295 g/mol. The number of aromatic amines is 1. The van der Waals surface area contributed by atoms with Gasteiger partial charge < -0.3 is 9.17 Å². The SMILES string of the molecule is Cc1[nH]c2cccc(C(F)(F)F)c2c1OS(=O)(=O)O. The number of benzene rings is 1. The maximum absolute atomic E-state index is 12.9. The van der Waals surface area contributed by atoms with Gasteiger partial charge in [0.1, 0.15) is 0 Å². The molecule has 0 spiro atoms. The highest BCUT2D eigenvalue weighted by Gasteiger charge is 2.35. The molecule has 0 saturated heterocycles. The Bertz CT molecular complexity index is 733. The van der Waals surface area contributed by atoms with Crippen LogP contribution in [0.2, 0.25) is 0 Å². The topological polar surface area (TPSA) is 79.4 Å². The van der Waals surface area contributed by atoms with Gasteiger partial charge in [-0.15, -0.1) is 0 Å². The van der Waals surface area contributed by atoms with Crippen molar-refractivity contribution in [1.82, 2.24) is 4.98 Å². The first-order valence-corrected chi connectivity index (χ1v) is 6.31. The summed E-state index contributed by atoms with van der Waals surface area (Å²) in [7, 11) is -4.91. The number of aromatic nitrogens is 1. The van der Waals surface area contributed by atoms with Crippen molar-refractivity contribution in [1.29, 1.82) is 0 Å². The summed E-state index contributed by atoms with van der Waals surface area (Å²) in [5.74, 6) is -0.564. The number of halogens is 3. The third kappa shape index (κ3) is 2.66. The zero-order valence-electron chi connectivity index (χ0n) is 9.45. The van der Waals surface area contributed by atoms with Crippen molar-refractivity contribution in [3.8, 4) is 5.75 Å². The molecular weight excluding hydrogens is 287 g/mol. The minimum atomic E-state index is -4.91. The largest absolute Gasteiger partial charge is 0.446 e. The molecule has 0 unspecified atom stereocenters. The first-order valence-electron chi connectivity index (χ1n) is 4.95. The van der Waals surface area contributed by atoms with E-state index in [4.69, 9.17) is 4.55 Å². The Balaban J connectivity index is 2.80. The molecule has 5 nitrogen and oxygen atoms in total. The van der Waals surface area contributed by atoms with Crippen LogP contribution in [0.15, 0.2) is 18.2 Å². The fraction of sp³-hybridized carbons (Fsp3) is 0.200. The molecule has 0 fully saturated rings. The van der Waals surface area contributed by atoms with Crippen LogP contribution in [-0.2, 0) is 16.6 Å². The highest BCUT2D eigenvalue weighted by Crippen LogP contribution is 2.40. The first kappa shape index (κ1) is 13.7. The number of alkyl halides is 3. The van der Waals surface area contributed by atoms with Crippen LogP contribution in [0.5, 0.6) is 5.75 Å². The van der Waals surface area contributed by atoms with Crippen LogP contribution in [0.1, 0.15) is 11.3 Å². The molecule has 0 radical (unpaired) electrons. The molecule has 2 aromatic rings. The molecular formula is C10H8F3NO4S. The van der Waals surface area contributed by atoms with Gasteiger partial charge in [-0.3, -0.25) is 4.55 Å². The van der Waals surface area contributed by atoms with Crippen LogP contribution in [0.3, 0.4) is 0 Å². The Hall–Kier alpha value is -1.74. The van der Waals surface area contributed by atoms with Crippen LogP contribution in [0.4, 0.5) is 13.2 Å². The lowest BCUT2D eigenvalue weighted by Crippen LogP contribution is -2.09. The second-order valence-electron chi connectivity index (χ2n) is 3.82. The lowest BCUT2D eigenvalue weighted by Gasteiger charge is -2.09. The number of fused-ring (bicyclic) bond motifs is 1. The van der Waals surface area contributed by atoms with E-state index in [0.29, 0.717) is 0 Å². The summed E-state index contributed by atoms with van der Waals surface area (Å²) in [5.41, 5.74) is -0.927. The minimum absolute atomic E-state index is 0.0596. The summed E-state index contributed by atoms with van der Waals surface area (Å²) in [4.78, 5) is 2.56. The molecule has 0 bridgehead atoms. The number of hydrogen-bond donors (Lipinski definition) is 2. The van der Waals surface area contributed by atoms with E-state index in [0.717, 1.165) is 6.07 Å². The van der Waals surface area contributed by atoms with Gasteiger partial charge in [-0.05, 0) is 19.1 Å². The minimum Gasteiger partial charge on any atom is -0.359 e. The maximum atomic E-state index is 12.9. The van der Waals surface area contributed by atoms with Gasteiger partial charge in [-0.2, -0.15) is 21.6 Å². The molecule has 1 aromatic heterocycles. The number of rotatable bonds is 2. The predicted molar refractivity (Wildman–Crippen MR) is 60.2 cm³/mol. The van der Waals surface area contributed by atoms with Crippen LogP contribution in [-0.4, -0.2) is 18.0 Å². The molecule has 2 rings (SSSR count). The maximum Gasteiger partial charge on any atom is 0.446 e. The van der Waals surface area contributed by atoms with E-state index in [1.807, 2.05) is 0 Å². The second kappa shape index (κ2) is 4.14. The van der Waals surface area contributed by atoms with Crippen LogP contribution in [0, 0.1) is 6.92 Å². The van der Waals surface area contributed by atoms with E-state index in [9.17, 15) is 21.6 Å². The Kier molecular flexibility index (Phi) is 2.98. The summed E-state index contributed by atoms with van der Waals surface area (Å²) < 4.78 is 72.8. The van der Waals surface area contributed by atoms with Crippen molar-refractivity contribution in [3.63, 3.8) is 0 Å². The van der Waals surface area contributed by atoms with E-state index in [1.165, 1.54) is 19.1 Å². The van der Waals surface area contributed by atoms with Gasteiger partial charge in [0.2, 0.25) is 0 Å². The van der Waals surface area contributed by atoms with Crippen molar-refractivity contribution in [3.05, 3.63) is 29.5 Å². The Morgan fingerprint density at radius 1 is 1.32 bits per heavy atom. The standard InChI is InChI=1S/C10H8F3NO4S/c1-5-9(18-19(15,16)17)8-6(10(11,12)13)3-2-4-7(8)14-5/h2-4,14H,1H3,(H,15,16,17). The summed E-state index contributed by atoms with van der Waals surface area (Å²) in [5, 5.41) is -0.440. The van der Waals surface area contributed by atoms with Gasteiger partial charge in [0.25, 0.3) is 0 Å². The Morgan fingerprint density at radius 3 is 2.47 bits per heavy atom. The van der Waals surface area contributed by atoms with Gasteiger partial charge in [0.15, 0.2) is 5.75 Å². The molecule has 0 saturated carbocycles. The second-order valence-corrected chi connectivity index (χ2v) is 4.84. The highest BCUT2D eigenvalue weighted by atomic mass is 32.3. The smallest absolute Gasteiger partial charge is 0.359 e. The highest BCUT2D eigenvalue weighted by molar-refractivity contribution is 7.81. The molecule has 1 aromatic carbocycles. The number of hydrogen-bond acceptors (Lipinski definition) is 3. The Morgan fingerprint density at radius 2 is 1.95 bits per heavy atom. The fourth-order valence-corrected chi connectivity index (χ4v) is 2.21. The van der Waals surface area contributed by atoms with E-state index in [2.05, 4.69) is 9.17 Å². The molecule has 104 valence electrons. The Labute approximate surface area is 105 Å². The fourth-order valence-electron chi connectivity index (χ4n) is 1.79. The van der Waals surface area contributed by atoms with E-state index < -0.39 is 33.3 Å². The molecule has 0 atom stereocenters. The van der Waals surface area contributed by atoms with Crippen molar-refractivity contribution in [2.24, 2.45) is 0 Å². The molecule has 9 heteroatoms. The average Bonchev–Trinajstić information content (AvgIpc) is 2.51. The van der Waals surface area contributed by atoms with Gasteiger partial charge in [0, 0.05) is 0 Å². The van der Waals surface area contributed by atoms with Gasteiger partial charge >= 0.3 is 16.6 Å². The van der Waals surface area contributed by atoms with E-state index >= 15 is 0 Å². The molecule has 0 aliphatic carbocycles. The van der Waals surface area contributed by atoms with Crippen molar-refractivity contribution >= 4 is 21.3 Å². The third-order valence-corrected chi connectivity index (χ3v) is 2.83. The van der Waals surface area contributed by atoms with Gasteiger partial charge in [0.05, 0.1) is 22.2 Å². The van der Waals surface area contributed by atoms with Crippen molar-refractivity contribution < 1.29 is 30.3 Å². The molecule has 1 heterocycles.